The highest BCUT2D eigenvalue weighted by Crippen LogP contribution is 2.25. The van der Waals surface area contributed by atoms with Gasteiger partial charge in [-0.05, 0) is 18.6 Å². The second-order valence-electron chi connectivity index (χ2n) is 4.28. The van der Waals surface area contributed by atoms with Crippen LogP contribution in [0, 0.1) is 6.92 Å². The van der Waals surface area contributed by atoms with Gasteiger partial charge in [0.25, 0.3) is 0 Å². The first-order valence-electron chi connectivity index (χ1n) is 6.26. The minimum Gasteiger partial charge on any atom is -0.469 e. The number of thioether (sulfide) groups is 1. The molecule has 0 spiro atoms. The lowest BCUT2D eigenvalue weighted by molar-refractivity contribution is -0.141. The Morgan fingerprint density at radius 1 is 1.30 bits per heavy atom. The molecule has 2 rings (SSSR count). The molecular weight excluding hydrogens is 272 g/mol. The van der Waals surface area contributed by atoms with Crippen molar-refractivity contribution in [2.24, 2.45) is 0 Å². The Kier molecular flexibility index (Phi) is 5.12. The lowest BCUT2D eigenvalue weighted by Crippen LogP contribution is -2.16. The van der Waals surface area contributed by atoms with Crippen LogP contribution in [-0.2, 0) is 9.53 Å². The molecule has 1 heterocycles. The van der Waals surface area contributed by atoms with Crippen LogP contribution in [0.4, 0.5) is 0 Å². The van der Waals surface area contributed by atoms with E-state index in [0.29, 0.717) is 10.9 Å². The maximum absolute atomic E-state index is 11.9. The normalized spacial score (nSPS) is 11.9. The van der Waals surface area contributed by atoms with Crippen molar-refractivity contribution in [3.63, 3.8) is 0 Å². The standard InChI is InChI=1S/C15H16N2O2S/c1-11-8-9-16-15(17-11)20-10-13(14(18)19-2)12-6-4-3-5-7-12/h3-9,13H,10H2,1-2H3. The van der Waals surface area contributed by atoms with E-state index in [2.05, 4.69) is 9.97 Å². The van der Waals surface area contributed by atoms with E-state index < -0.39 is 0 Å². The molecule has 1 aromatic heterocycles. The summed E-state index contributed by atoms with van der Waals surface area (Å²) < 4.78 is 4.89. The van der Waals surface area contributed by atoms with Gasteiger partial charge in [-0.25, -0.2) is 9.97 Å². The Hall–Kier alpha value is -1.88. The van der Waals surface area contributed by atoms with Crippen LogP contribution < -0.4 is 0 Å². The van der Waals surface area contributed by atoms with Crippen molar-refractivity contribution in [2.45, 2.75) is 18.0 Å². The number of esters is 1. The first-order valence-corrected chi connectivity index (χ1v) is 7.24. The summed E-state index contributed by atoms with van der Waals surface area (Å²) in [6.07, 6.45) is 1.72. The molecule has 2 aromatic rings. The summed E-state index contributed by atoms with van der Waals surface area (Å²) in [6.45, 7) is 1.92. The van der Waals surface area contributed by atoms with Gasteiger partial charge < -0.3 is 4.74 Å². The molecule has 0 fully saturated rings. The van der Waals surface area contributed by atoms with Gasteiger partial charge in [0.05, 0.1) is 13.0 Å². The molecule has 0 N–H and O–H groups in total. The third-order valence-electron chi connectivity index (χ3n) is 2.84. The molecule has 1 aromatic carbocycles. The van der Waals surface area contributed by atoms with Crippen LogP contribution >= 0.6 is 11.8 Å². The second kappa shape index (κ2) is 7.05. The number of rotatable bonds is 5. The molecule has 1 atom stereocenters. The third kappa shape index (κ3) is 3.81. The zero-order valence-corrected chi connectivity index (χ0v) is 12.3. The van der Waals surface area contributed by atoms with E-state index in [-0.39, 0.29) is 11.9 Å². The molecule has 0 amide bonds. The smallest absolute Gasteiger partial charge is 0.313 e. The third-order valence-corrected chi connectivity index (χ3v) is 3.79. The second-order valence-corrected chi connectivity index (χ2v) is 5.27. The molecule has 0 aliphatic carbocycles. The molecule has 0 radical (unpaired) electrons. The summed E-state index contributed by atoms with van der Waals surface area (Å²) in [5, 5.41) is 0.676. The number of carbonyl (C=O) groups excluding carboxylic acids is 1. The number of hydrogen-bond acceptors (Lipinski definition) is 5. The van der Waals surface area contributed by atoms with Crippen molar-refractivity contribution in [3.05, 3.63) is 53.9 Å². The van der Waals surface area contributed by atoms with Crippen LogP contribution in [0.2, 0.25) is 0 Å². The highest BCUT2D eigenvalue weighted by molar-refractivity contribution is 7.99. The molecule has 0 aliphatic heterocycles. The van der Waals surface area contributed by atoms with E-state index in [1.54, 1.807) is 6.20 Å². The average Bonchev–Trinajstić information content (AvgIpc) is 2.48. The first kappa shape index (κ1) is 14.5. The molecular formula is C15H16N2O2S. The Morgan fingerprint density at radius 3 is 2.70 bits per heavy atom. The maximum atomic E-state index is 11.9. The summed E-state index contributed by atoms with van der Waals surface area (Å²) in [5.74, 6) is 0.00631. The Balaban J connectivity index is 2.11. The highest BCUT2D eigenvalue weighted by atomic mass is 32.2. The highest BCUT2D eigenvalue weighted by Gasteiger charge is 2.21. The number of methoxy groups -OCH3 is 1. The van der Waals surface area contributed by atoms with Crippen LogP contribution in [0.15, 0.2) is 47.8 Å². The van der Waals surface area contributed by atoms with Crippen molar-refractivity contribution in [1.29, 1.82) is 0 Å². The minimum absolute atomic E-state index is 0.239. The fraction of sp³-hybridized carbons (Fsp3) is 0.267. The van der Waals surface area contributed by atoms with Gasteiger partial charge in [-0.2, -0.15) is 0 Å². The first-order chi connectivity index (χ1) is 9.70. The van der Waals surface area contributed by atoms with Gasteiger partial charge in [0.15, 0.2) is 5.16 Å². The topological polar surface area (TPSA) is 52.1 Å². The quantitative estimate of drug-likeness (QED) is 0.481. The van der Waals surface area contributed by atoms with E-state index >= 15 is 0 Å². The predicted octanol–water partition coefficient (Wildman–Crippen LogP) is 2.83. The maximum Gasteiger partial charge on any atom is 0.313 e. The lowest BCUT2D eigenvalue weighted by atomic mass is 10.0. The van der Waals surface area contributed by atoms with Gasteiger partial charge in [0.1, 0.15) is 0 Å². The molecule has 5 heteroatoms. The van der Waals surface area contributed by atoms with Crippen molar-refractivity contribution in [1.82, 2.24) is 9.97 Å². The Morgan fingerprint density at radius 2 is 2.05 bits per heavy atom. The van der Waals surface area contributed by atoms with Crippen molar-refractivity contribution < 1.29 is 9.53 Å². The number of carbonyl (C=O) groups is 1. The van der Waals surface area contributed by atoms with Crippen molar-refractivity contribution >= 4 is 17.7 Å². The van der Waals surface area contributed by atoms with Crippen molar-refractivity contribution in [3.8, 4) is 0 Å². The van der Waals surface area contributed by atoms with E-state index in [9.17, 15) is 4.79 Å². The van der Waals surface area contributed by atoms with Crippen LogP contribution in [0.3, 0.4) is 0 Å². The number of hydrogen-bond donors (Lipinski definition) is 0. The number of ether oxygens (including phenoxy) is 1. The molecule has 0 saturated carbocycles. The monoisotopic (exact) mass is 288 g/mol. The van der Waals surface area contributed by atoms with E-state index in [4.69, 9.17) is 4.74 Å². The fourth-order valence-electron chi connectivity index (χ4n) is 1.78. The Bertz CT molecular complexity index is 575. The van der Waals surface area contributed by atoms with Gasteiger partial charge in [0, 0.05) is 17.6 Å². The van der Waals surface area contributed by atoms with Gasteiger partial charge in [-0.15, -0.1) is 0 Å². The van der Waals surface area contributed by atoms with Crippen LogP contribution in [0.25, 0.3) is 0 Å². The van der Waals surface area contributed by atoms with E-state index in [0.717, 1.165) is 11.3 Å². The molecule has 1 unspecified atom stereocenters. The molecule has 0 saturated heterocycles. The minimum atomic E-state index is -0.310. The Labute approximate surface area is 122 Å². The number of benzene rings is 1. The number of nitrogens with zero attached hydrogens (tertiary/aromatic N) is 2. The van der Waals surface area contributed by atoms with Crippen LogP contribution in [0.5, 0.6) is 0 Å². The summed E-state index contributed by atoms with van der Waals surface area (Å²) >= 11 is 1.46. The summed E-state index contributed by atoms with van der Waals surface area (Å²) in [4.78, 5) is 20.4. The van der Waals surface area contributed by atoms with E-state index in [1.165, 1.54) is 18.9 Å². The van der Waals surface area contributed by atoms with Crippen LogP contribution in [-0.4, -0.2) is 28.8 Å². The molecule has 0 bridgehead atoms. The molecule has 0 aliphatic rings. The molecule has 104 valence electrons. The van der Waals surface area contributed by atoms with Crippen molar-refractivity contribution in [2.75, 3.05) is 12.9 Å². The van der Waals surface area contributed by atoms with Gasteiger partial charge in [-0.3, -0.25) is 4.79 Å². The lowest BCUT2D eigenvalue weighted by Gasteiger charge is -2.14. The summed E-state index contributed by atoms with van der Waals surface area (Å²) in [6, 6.07) is 11.5. The predicted molar refractivity (Wildman–Crippen MR) is 78.7 cm³/mol. The van der Waals surface area contributed by atoms with Gasteiger partial charge in [0.2, 0.25) is 0 Å². The fourth-order valence-corrected chi connectivity index (χ4v) is 2.77. The number of aryl methyl sites for hydroxylation is 1. The zero-order valence-electron chi connectivity index (χ0n) is 11.4. The van der Waals surface area contributed by atoms with Crippen LogP contribution in [0.1, 0.15) is 17.2 Å². The average molecular weight is 288 g/mol. The number of aromatic nitrogens is 2. The zero-order chi connectivity index (χ0) is 14.4. The molecule has 4 nitrogen and oxygen atoms in total. The summed E-state index contributed by atoms with van der Waals surface area (Å²) in [7, 11) is 1.41. The molecule has 20 heavy (non-hydrogen) atoms. The van der Waals surface area contributed by atoms with Gasteiger partial charge in [-0.1, -0.05) is 42.1 Å². The van der Waals surface area contributed by atoms with Gasteiger partial charge >= 0.3 is 5.97 Å². The summed E-state index contributed by atoms with van der Waals surface area (Å²) in [5.41, 5.74) is 1.86. The van der Waals surface area contributed by atoms with E-state index in [1.807, 2.05) is 43.3 Å². The SMILES string of the molecule is COC(=O)C(CSc1nccc(C)n1)c1ccccc1. The largest absolute Gasteiger partial charge is 0.469 e.